The van der Waals surface area contributed by atoms with Gasteiger partial charge in [-0.15, -0.1) is 0 Å². The van der Waals surface area contributed by atoms with Crippen molar-refractivity contribution in [2.75, 3.05) is 58.2 Å². The number of anilines is 1. The smallest absolute Gasteiger partial charge is 0.410 e. The van der Waals surface area contributed by atoms with Crippen LogP contribution in [0.2, 0.25) is 0 Å². The van der Waals surface area contributed by atoms with Crippen LogP contribution in [0.4, 0.5) is 15.3 Å². The molecular formula is C37H46N4O5. The Bertz CT molecular complexity index is 1420. The van der Waals surface area contributed by atoms with Gasteiger partial charge in [-0.3, -0.25) is 4.90 Å². The maximum absolute atomic E-state index is 13.8. The molecule has 244 valence electrons. The van der Waals surface area contributed by atoms with Crippen LogP contribution in [0.3, 0.4) is 0 Å². The highest BCUT2D eigenvalue weighted by Crippen LogP contribution is 2.28. The van der Waals surface area contributed by atoms with Gasteiger partial charge in [0.2, 0.25) is 0 Å². The van der Waals surface area contributed by atoms with Crippen molar-refractivity contribution in [1.29, 1.82) is 0 Å². The molecule has 4 rings (SSSR count). The number of carbonyl (C=O) groups excluding carboxylic acids is 3. The first-order chi connectivity index (χ1) is 22.0. The van der Waals surface area contributed by atoms with Gasteiger partial charge in [-0.2, -0.15) is 0 Å². The SMILES string of the molecule is C=C(CN1CCN(C(=O)OC(C)(C)C)CC1)CN(CCC(c1ccccc1)c1ccccc1)C(=O)Nc1cccc(C(=O)OC)c1. The number of ether oxygens (including phenoxy) is 2. The van der Waals surface area contributed by atoms with Gasteiger partial charge in [0.05, 0.1) is 12.7 Å². The Labute approximate surface area is 272 Å². The lowest BCUT2D eigenvalue weighted by atomic mass is 9.88. The van der Waals surface area contributed by atoms with Gasteiger partial charge in [-0.05, 0) is 62.1 Å². The molecule has 0 radical (unpaired) electrons. The van der Waals surface area contributed by atoms with Gasteiger partial charge in [-0.1, -0.05) is 73.3 Å². The Hall–Kier alpha value is -4.63. The summed E-state index contributed by atoms with van der Waals surface area (Å²) >= 11 is 0. The second-order valence-electron chi connectivity index (χ2n) is 12.6. The van der Waals surface area contributed by atoms with E-state index >= 15 is 0 Å². The van der Waals surface area contributed by atoms with Crippen LogP contribution in [0.15, 0.2) is 97.1 Å². The van der Waals surface area contributed by atoms with E-state index in [0.29, 0.717) is 63.5 Å². The predicted molar refractivity (Wildman–Crippen MR) is 181 cm³/mol. The summed E-state index contributed by atoms with van der Waals surface area (Å²) in [6, 6.07) is 27.1. The Morgan fingerprint density at radius 2 is 1.50 bits per heavy atom. The van der Waals surface area contributed by atoms with Crippen molar-refractivity contribution in [1.82, 2.24) is 14.7 Å². The Balaban J connectivity index is 1.46. The van der Waals surface area contributed by atoms with Crippen molar-refractivity contribution in [2.24, 2.45) is 0 Å². The molecule has 3 aromatic carbocycles. The van der Waals surface area contributed by atoms with Crippen LogP contribution in [0.1, 0.15) is 54.6 Å². The molecule has 1 fully saturated rings. The van der Waals surface area contributed by atoms with Gasteiger partial charge in [-0.25, -0.2) is 14.4 Å². The predicted octanol–water partition coefficient (Wildman–Crippen LogP) is 6.64. The molecule has 0 spiro atoms. The summed E-state index contributed by atoms with van der Waals surface area (Å²) in [5.41, 5.74) is 3.58. The fourth-order valence-corrected chi connectivity index (χ4v) is 5.53. The number of esters is 1. The first kappa shape index (κ1) is 34.2. The highest BCUT2D eigenvalue weighted by Gasteiger charge is 2.27. The van der Waals surface area contributed by atoms with Crippen LogP contribution in [0.25, 0.3) is 0 Å². The second kappa shape index (κ2) is 16.1. The normalized spacial score (nSPS) is 13.6. The molecule has 1 aliphatic rings. The second-order valence-corrected chi connectivity index (χ2v) is 12.6. The average Bonchev–Trinajstić information content (AvgIpc) is 3.04. The molecule has 1 N–H and O–H groups in total. The zero-order valence-corrected chi connectivity index (χ0v) is 27.4. The number of piperazine rings is 1. The van der Waals surface area contributed by atoms with Gasteiger partial charge in [0, 0.05) is 57.4 Å². The summed E-state index contributed by atoms with van der Waals surface area (Å²) in [5, 5.41) is 2.98. The molecule has 0 atom stereocenters. The average molecular weight is 627 g/mol. The van der Waals surface area contributed by atoms with E-state index in [0.717, 1.165) is 5.57 Å². The van der Waals surface area contributed by atoms with Crippen molar-refractivity contribution >= 4 is 23.8 Å². The number of methoxy groups -OCH3 is 1. The molecule has 3 amide bonds. The number of rotatable bonds is 11. The quantitative estimate of drug-likeness (QED) is 0.190. The summed E-state index contributed by atoms with van der Waals surface area (Å²) in [5.74, 6) is -0.379. The molecule has 9 nitrogen and oxygen atoms in total. The van der Waals surface area contributed by atoms with Gasteiger partial charge in [0.25, 0.3) is 0 Å². The highest BCUT2D eigenvalue weighted by atomic mass is 16.6. The van der Waals surface area contributed by atoms with Crippen molar-refractivity contribution in [3.63, 3.8) is 0 Å². The van der Waals surface area contributed by atoms with Crippen LogP contribution < -0.4 is 5.32 Å². The molecular weight excluding hydrogens is 580 g/mol. The number of urea groups is 1. The van der Waals surface area contributed by atoms with E-state index in [1.807, 2.05) is 57.2 Å². The number of hydrogen-bond acceptors (Lipinski definition) is 6. The number of benzene rings is 3. The topological polar surface area (TPSA) is 91.4 Å². The number of nitrogens with zero attached hydrogens (tertiary/aromatic N) is 3. The lowest BCUT2D eigenvalue weighted by molar-refractivity contribution is 0.0151. The zero-order chi connectivity index (χ0) is 33.1. The number of carbonyl (C=O) groups is 3. The van der Waals surface area contributed by atoms with Gasteiger partial charge < -0.3 is 24.6 Å². The molecule has 0 saturated carbocycles. The van der Waals surface area contributed by atoms with Crippen LogP contribution in [-0.2, 0) is 9.47 Å². The maximum Gasteiger partial charge on any atom is 0.410 e. The molecule has 0 bridgehead atoms. The lowest BCUT2D eigenvalue weighted by Crippen LogP contribution is -2.50. The first-order valence-corrected chi connectivity index (χ1v) is 15.7. The fraction of sp³-hybridized carbons (Fsp3) is 0.378. The zero-order valence-electron chi connectivity index (χ0n) is 27.4. The molecule has 3 aromatic rings. The Morgan fingerprint density at radius 1 is 0.891 bits per heavy atom. The monoisotopic (exact) mass is 626 g/mol. The minimum Gasteiger partial charge on any atom is -0.465 e. The molecule has 0 unspecified atom stereocenters. The highest BCUT2D eigenvalue weighted by molar-refractivity contribution is 5.94. The number of nitrogens with one attached hydrogen (secondary N) is 1. The summed E-state index contributed by atoms with van der Waals surface area (Å²) in [7, 11) is 1.33. The third-order valence-electron chi connectivity index (χ3n) is 7.80. The lowest BCUT2D eigenvalue weighted by Gasteiger charge is -2.36. The molecule has 9 heteroatoms. The van der Waals surface area contributed by atoms with E-state index < -0.39 is 11.6 Å². The van der Waals surface area contributed by atoms with Crippen molar-refractivity contribution < 1.29 is 23.9 Å². The van der Waals surface area contributed by atoms with Gasteiger partial charge in [0.1, 0.15) is 5.60 Å². The fourth-order valence-electron chi connectivity index (χ4n) is 5.53. The van der Waals surface area contributed by atoms with Crippen molar-refractivity contribution in [3.05, 3.63) is 114 Å². The van der Waals surface area contributed by atoms with E-state index in [9.17, 15) is 14.4 Å². The summed E-state index contributed by atoms with van der Waals surface area (Å²) < 4.78 is 10.4. The summed E-state index contributed by atoms with van der Waals surface area (Å²) in [6.45, 7) is 13.9. The molecule has 46 heavy (non-hydrogen) atoms. The van der Waals surface area contributed by atoms with E-state index in [2.05, 4.69) is 41.1 Å². The van der Waals surface area contributed by atoms with Crippen LogP contribution >= 0.6 is 0 Å². The number of amides is 3. The Morgan fingerprint density at radius 3 is 2.07 bits per heavy atom. The summed E-state index contributed by atoms with van der Waals surface area (Å²) in [6.07, 6.45) is 0.405. The first-order valence-electron chi connectivity index (χ1n) is 15.7. The molecule has 0 aromatic heterocycles. The molecule has 1 saturated heterocycles. The van der Waals surface area contributed by atoms with Crippen molar-refractivity contribution in [2.45, 2.75) is 38.7 Å². The van der Waals surface area contributed by atoms with Crippen LogP contribution in [0.5, 0.6) is 0 Å². The summed E-state index contributed by atoms with van der Waals surface area (Å²) in [4.78, 5) is 44.2. The molecule has 1 heterocycles. The van der Waals surface area contributed by atoms with Crippen molar-refractivity contribution in [3.8, 4) is 0 Å². The number of hydrogen-bond donors (Lipinski definition) is 1. The Kier molecular flexibility index (Phi) is 12.0. The molecule has 0 aliphatic carbocycles. The third kappa shape index (κ3) is 10.2. The standard InChI is InChI=1S/C37H46N4O5/c1-28(26-39-21-23-40(24-22-39)36(44)46-37(2,3)4)27-41(35(43)38-32-18-12-17-31(25-32)34(42)45-5)20-19-33(29-13-8-6-9-14-29)30-15-10-7-11-16-30/h6-18,25,33H,1,19-24,26-27H2,2-5H3,(H,38,43). The van der Waals surface area contributed by atoms with Gasteiger partial charge >= 0.3 is 18.1 Å². The molecule has 1 aliphatic heterocycles. The minimum absolute atomic E-state index is 0.0922. The maximum atomic E-state index is 13.8. The largest absolute Gasteiger partial charge is 0.465 e. The van der Waals surface area contributed by atoms with E-state index in [4.69, 9.17) is 9.47 Å². The van der Waals surface area contributed by atoms with E-state index in [-0.39, 0.29) is 18.0 Å². The minimum atomic E-state index is -0.535. The van der Waals surface area contributed by atoms with Crippen LogP contribution in [-0.4, -0.2) is 91.3 Å². The van der Waals surface area contributed by atoms with Crippen LogP contribution in [0, 0.1) is 0 Å². The van der Waals surface area contributed by atoms with E-state index in [1.165, 1.54) is 18.2 Å². The third-order valence-corrected chi connectivity index (χ3v) is 7.80. The van der Waals surface area contributed by atoms with E-state index in [1.54, 1.807) is 34.1 Å². The van der Waals surface area contributed by atoms with Gasteiger partial charge in [0.15, 0.2) is 0 Å².